The van der Waals surface area contributed by atoms with E-state index in [1.807, 2.05) is 19.9 Å². The molecule has 0 fully saturated rings. The summed E-state index contributed by atoms with van der Waals surface area (Å²) in [5.41, 5.74) is 6.10. The number of amides is 1. The molecule has 0 aromatic heterocycles. The Hall–Kier alpha value is -1.06. The van der Waals surface area contributed by atoms with E-state index in [4.69, 9.17) is 17.3 Å². The first-order valence-electron chi connectivity index (χ1n) is 5.57. The van der Waals surface area contributed by atoms with Gasteiger partial charge in [0.1, 0.15) is 0 Å². The van der Waals surface area contributed by atoms with E-state index in [-0.39, 0.29) is 11.3 Å². The highest BCUT2D eigenvalue weighted by Gasteiger charge is 2.22. The molecule has 0 atom stereocenters. The molecule has 3 nitrogen and oxygen atoms in total. The van der Waals surface area contributed by atoms with E-state index in [1.165, 1.54) is 0 Å². The Balaban J connectivity index is 2.81. The van der Waals surface area contributed by atoms with Crippen LogP contribution in [0.15, 0.2) is 24.3 Å². The maximum absolute atomic E-state index is 12.2. The minimum Gasteiger partial charge on any atom is -0.341 e. The number of benzene rings is 1. The maximum atomic E-state index is 12.2. The van der Waals surface area contributed by atoms with Crippen molar-refractivity contribution < 1.29 is 4.79 Å². The topological polar surface area (TPSA) is 46.3 Å². The lowest BCUT2D eigenvalue weighted by Gasteiger charge is -2.29. The number of hydrogen-bond donors (Lipinski definition) is 1. The van der Waals surface area contributed by atoms with E-state index in [0.29, 0.717) is 23.7 Å². The molecular formula is C13H19ClN2O. The van der Waals surface area contributed by atoms with Crippen molar-refractivity contribution in [2.75, 3.05) is 20.1 Å². The van der Waals surface area contributed by atoms with Gasteiger partial charge in [0.25, 0.3) is 5.91 Å². The predicted octanol–water partition coefficient (Wildman–Crippen LogP) is 2.40. The molecule has 1 amide bonds. The van der Waals surface area contributed by atoms with E-state index < -0.39 is 0 Å². The zero-order chi connectivity index (χ0) is 13.1. The monoisotopic (exact) mass is 254 g/mol. The molecule has 94 valence electrons. The largest absolute Gasteiger partial charge is 0.341 e. The van der Waals surface area contributed by atoms with Crippen molar-refractivity contribution >= 4 is 17.5 Å². The van der Waals surface area contributed by atoms with E-state index in [1.54, 1.807) is 30.1 Å². The Labute approximate surface area is 108 Å². The van der Waals surface area contributed by atoms with Crippen molar-refractivity contribution in [1.29, 1.82) is 0 Å². The van der Waals surface area contributed by atoms with Gasteiger partial charge in [0, 0.05) is 13.6 Å². The van der Waals surface area contributed by atoms with Gasteiger partial charge in [-0.1, -0.05) is 37.6 Å². The number of nitrogens with two attached hydrogens (primary N) is 1. The summed E-state index contributed by atoms with van der Waals surface area (Å²) in [6, 6.07) is 7.07. The van der Waals surface area contributed by atoms with Crippen LogP contribution in [0.3, 0.4) is 0 Å². The summed E-state index contributed by atoms with van der Waals surface area (Å²) in [5.74, 6) is -0.0721. The molecule has 17 heavy (non-hydrogen) atoms. The zero-order valence-corrected chi connectivity index (χ0v) is 11.3. The van der Waals surface area contributed by atoms with Crippen molar-refractivity contribution in [3.63, 3.8) is 0 Å². The summed E-state index contributed by atoms with van der Waals surface area (Å²) in [6.45, 7) is 5.20. The molecule has 0 aliphatic rings. The Morgan fingerprint density at radius 3 is 2.53 bits per heavy atom. The van der Waals surface area contributed by atoms with Gasteiger partial charge in [0.05, 0.1) is 10.6 Å². The maximum Gasteiger partial charge on any atom is 0.255 e. The molecule has 0 bridgehead atoms. The van der Waals surface area contributed by atoms with Crippen molar-refractivity contribution in [3.05, 3.63) is 34.9 Å². The number of carbonyl (C=O) groups excluding carboxylic acids is 1. The lowest BCUT2D eigenvalue weighted by molar-refractivity contribution is 0.0741. The Kier molecular flexibility index (Phi) is 4.54. The van der Waals surface area contributed by atoms with E-state index in [0.717, 1.165) is 0 Å². The summed E-state index contributed by atoms with van der Waals surface area (Å²) in [5, 5.41) is 0.481. The number of hydrogen-bond acceptors (Lipinski definition) is 2. The summed E-state index contributed by atoms with van der Waals surface area (Å²) in [4.78, 5) is 13.8. The first-order chi connectivity index (χ1) is 7.87. The fourth-order valence-electron chi connectivity index (χ4n) is 1.62. The highest BCUT2D eigenvalue weighted by molar-refractivity contribution is 6.33. The van der Waals surface area contributed by atoms with Gasteiger partial charge in [-0.2, -0.15) is 0 Å². The van der Waals surface area contributed by atoms with E-state index >= 15 is 0 Å². The Morgan fingerprint density at radius 2 is 2.00 bits per heavy atom. The Bertz CT molecular complexity index is 404. The molecule has 0 radical (unpaired) electrons. The predicted molar refractivity (Wildman–Crippen MR) is 71.2 cm³/mol. The molecule has 1 aromatic rings. The standard InChI is InChI=1S/C13H19ClN2O/c1-13(2,8-15)9-16(3)12(17)10-6-4-5-7-11(10)14/h4-7H,8-9,15H2,1-3H3. The van der Waals surface area contributed by atoms with Crippen LogP contribution >= 0.6 is 11.6 Å². The van der Waals surface area contributed by atoms with Crippen LogP contribution in [0, 0.1) is 5.41 Å². The molecule has 0 spiro atoms. The van der Waals surface area contributed by atoms with Gasteiger partial charge in [0.15, 0.2) is 0 Å². The first-order valence-corrected chi connectivity index (χ1v) is 5.95. The van der Waals surface area contributed by atoms with Gasteiger partial charge >= 0.3 is 0 Å². The quantitative estimate of drug-likeness (QED) is 0.897. The second-order valence-corrected chi connectivity index (χ2v) is 5.42. The van der Waals surface area contributed by atoms with Gasteiger partial charge in [-0.3, -0.25) is 4.79 Å². The fraction of sp³-hybridized carbons (Fsp3) is 0.462. The molecule has 0 aliphatic heterocycles. The van der Waals surface area contributed by atoms with Gasteiger partial charge in [-0.05, 0) is 24.1 Å². The summed E-state index contributed by atoms with van der Waals surface area (Å²) in [7, 11) is 1.77. The Morgan fingerprint density at radius 1 is 1.41 bits per heavy atom. The first kappa shape index (κ1) is 14.0. The third-order valence-corrected chi connectivity index (χ3v) is 3.00. The van der Waals surface area contributed by atoms with Crippen LogP contribution in [-0.2, 0) is 0 Å². The SMILES string of the molecule is CN(CC(C)(C)CN)C(=O)c1ccccc1Cl. The molecular weight excluding hydrogens is 236 g/mol. The molecule has 1 aromatic carbocycles. The molecule has 0 unspecified atom stereocenters. The van der Waals surface area contributed by atoms with Gasteiger partial charge in [0.2, 0.25) is 0 Å². The van der Waals surface area contributed by atoms with Crippen molar-refractivity contribution in [2.24, 2.45) is 11.1 Å². The van der Waals surface area contributed by atoms with E-state index in [2.05, 4.69) is 0 Å². The molecule has 0 saturated heterocycles. The van der Waals surface area contributed by atoms with Crippen molar-refractivity contribution in [1.82, 2.24) is 4.90 Å². The van der Waals surface area contributed by atoms with Crippen LogP contribution in [0.1, 0.15) is 24.2 Å². The van der Waals surface area contributed by atoms with Crippen LogP contribution < -0.4 is 5.73 Å². The minimum absolute atomic E-state index is 0.0721. The van der Waals surface area contributed by atoms with Crippen LogP contribution in [0.5, 0.6) is 0 Å². The number of nitrogens with zero attached hydrogens (tertiary/aromatic N) is 1. The minimum atomic E-state index is -0.0916. The van der Waals surface area contributed by atoms with Crippen LogP contribution in [0.4, 0.5) is 0 Å². The fourth-order valence-corrected chi connectivity index (χ4v) is 1.84. The molecule has 4 heteroatoms. The lowest BCUT2D eigenvalue weighted by atomic mass is 9.93. The van der Waals surface area contributed by atoms with Gasteiger partial charge in [-0.15, -0.1) is 0 Å². The van der Waals surface area contributed by atoms with Crippen molar-refractivity contribution in [3.8, 4) is 0 Å². The van der Waals surface area contributed by atoms with Crippen LogP contribution in [-0.4, -0.2) is 30.9 Å². The van der Waals surface area contributed by atoms with Crippen LogP contribution in [0.2, 0.25) is 5.02 Å². The highest BCUT2D eigenvalue weighted by Crippen LogP contribution is 2.19. The molecule has 1 rings (SSSR count). The summed E-state index contributed by atoms with van der Waals surface area (Å²) >= 11 is 6.00. The number of rotatable bonds is 4. The highest BCUT2D eigenvalue weighted by atomic mass is 35.5. The lowest BCUT2D eigenvalue weighted by Crippen LogP contribution is -2.39. The molecule has 0 saturated carbocycles. The second kappa shape index (κ2) is 5.52. The van der Waals surface area contributed by atoms with Gasteiger partial charge < -0.3 is 10.6 Å². The van der Waals surface area contributed by atoms with Crippen LogP contribution in [0.25, 0.3) is 0 Å². The van der Waals surface area contributed by atoms with Crippen molar-refractivity contribution in [2.45, 2.75) is 13.8 Å². The number of carbonyl (C=O) groups is 1. The zero-order valence-electron chi connectivity index (χ0n) is 10.5. The average Bonchev–Trinajstić information content (AvgIpc) is 2.28. The summed E-state index contributed by atoms with van der Waals surface area (Å²) in [6.07, 6.45) is 0. The molecule has 0 heterocycles. The second-order valence-electron chi connectivity index (χ2n) is 5.01. The molecule has 0 aliphatic carbocycles. The third-order valence-electron chi connectivity index (χ3n) is 2.67. The smallest absolute Gasteiger partial charge is 0.255 e. The van der Waals surface area contributed by atoms with Gasteiger partial charge in [-0.25, -0.2) is 0 Å². The molecule has 2 N–H and O–H groups in total. The number of halogens is 1. The van der Waals surface area contributed by atoms with E-state index in [9.17, 15) is 4.79 Å². The normalized spacial score (nSPS) is 11.4. The third kappa shape index (κ3) is 3.72. The average molecular weight is 255 g/mol. The summed E-state index contributed by atoms with van der Waals surface area (Å²) < 4.78 is 0.